The van der Waals surface area contributed by atoms with Gasteiger partial charge in [0, 0.05) is 23.3 Å². The average molecular weight is 368 g/mol. The van der Waals surface area contributed by atoms with Gasteiger partial charge < -0.3 is 5.32 Å². The molecule has 1 heterocycles. The Balaban J connectivity index is 1.60. The fraction of sp³-hybridized carbons (Fsp3) is 0.150. The van der Waals surface area contributed by atoms with Crippen molar-refractivity contribution in [2.24, 2.45) is 0 Å². The van der Waals surface area contributed by atoms with E-state index in [0.717, 1.165) is 11.3 Å². The molecular weight excluding hydrogens is 353 g/mol. The maximum Gasteiger partial charge on any atom is 0.227 e. The molecule has 0 radical (unpaired) electrons. The minimum Gasteiger partial charge on any atom is -0.324 e. The fourth-order valence-corrected chi connectivity index (χ4v) is 3.26. The number of Topliss-reactive ketones (excluding diaryl/α,β-unsaturated/α-hetero) is 1. The molecule has 1 N–H and O–H groups in total. The van der Waals surface area contributed by atoms with Crippen LogP contribution in [0.15, 0.2) is 54.7 Å². The molecule has 6 heteroatoms. The Morgan fingerprint density at radius 1 is 1.04 bits per heavy atom. The molecule has 26 heavy (non-hydrogen) atoms. The molecule has 0 bridgehead atoms. The molecule has 1 atom stereocenters. The molecule has 0 amide bonds. The largest absolute Gasteiger partial charge is 0.324 e. The van der Waals surface area contributed by atoms with Gasteiger partial charge in [0.05, 0.1) is 11.3 Å². The molecule has 4 nitrogen and oxygen atoms in total. The lowest BCUT2D eigenvalue weighted by Gasteiger charge is -2.23. The van der Waals surface area contributed by atoms with Crippen molar-refractivity contribution in [1.82, 2.24) is 9.97 Å². The van der Waals surface area contributed by atoms with Gasteiger partial charge in [-0.2, -0.15) is 0 Å². The molecule has 1 aromatic heterocycles. The number of aromatic nitrogens is 2. The number of hydrogen-bond donors (Lipinski definition) is 1. The number of hydrogen-bond acceptors (Lipinski definition) is 4. The van der Waals surface area contributed by atoms with E-state index in [2.05, 4.69) is 15.3 Å². The van der Waals surface area contributed by atoms with Crippen LogP contribution in [-0.2, 0) is 6.42 Å². The van der Waals surface area contributed by atoms with Crippen molar-refractivity contribution >= 4 is 29.0 Å². The van der Waals surface area contributed by atoms with Crippen molar-refractivity contribution in [3.63, 3.8) is 0 Å². The number of ketones is 1. The molecule has 1 aliphatic rings. The van der Waals surface area contributed by atoms with E-state index in [1.54, 1.807) is 30.5 Å². The molecule has 130 valence electrons. The van der Waals surface area contributed by atoms with Crippen LogP contribution in [0.25, 0.3) is 0 Å². The Kier molecular flexibility index (Phi) is 4.39. The highest BCUT2D eigenvalue weighted by Crippen LogP contribution is 2.32. The van der Waals surface area contributed by atoms with Crippen molar-refractivity contribution in [2.45, 2.75) is 18.8 Å². The van der Waals surface area contributed by atoms with Crippen LogP contribution < -0.4 is 5.32 Å². The second kappa shape index (κ2) is 6.84. The monoisotopic (exact) mass is 367 g/mol. The van der Waals surface area contributed by atoms with Gasteiger partial charge in [-0.3, -0.25) is 4.79 Å². The lowest BCUT2D eigenvalue weighted by atomic mass is 9.82. The first kappa shape index (κ1) is 16.7. The Morgan fingerprint density at radius 2 is 1.77 bits per heavy atom. The highest BCUT2D eigenvalue weighted by atomic mass is 35.5. The molecule has 2 aromatic carbocycles. The summed E-state index contributed by atoms with van der Waals surface area (Å²) in [6.45, 7) is 0. The van der Waals surface area contributed by atoms with E-state index in [1.165, 1.54) is 12.1 Å². The normalized spacial score (nSPS) is 16.2. The van der Waals surface area contributed by atoms with Gasteiger partial charge in [-0.1, -0.05) is 23.7 Å². The molecule has 0 fully saturated rings. The zero-order chi connectivity index (χ0) is 18.1. The summed E-state index contributed by atoms with van der Waals surface area (Å²) in [6, 6.07) is 13.5. The lowest BCUT2D eigenvalue weighted by Crippen LogP contribution is -2.21. The van der Waals surface area contributed by atoms with Crippen LogP contribution >= 0.6 is 11.6 Å². The number of rotatable bonds is 3. The van der Waals surface area contributed by atoms with Crippen LogP contribution in [0.2, 0.25) is 5.02 Å². The Labute approximate surface area is 155 Å². The summed E-state index contributed by atoms with van der Waals surface area (Å²) in [4.78, 5) is 21.2. The highest BCUT2D eigenvalue weighted by Gasteiger charge is 2.28. The lowest BCUT2D eigenvalue weighted by molar-refractivity contribution is 0.0962. The van der Waals surface area contributed by atoms with Gasteiger partial charge in [0.1, 0.15) is 5.82 Å². The number of halogens is 2. The van der Waals surface area contributed by atoms with E-state index in [-0.39, 0.29) is 17.5 Å². The Hall–Kier alpha value is -2.79. The second-order valence-corrected chi connectivity index (χ2v) is 6.70. The average Bonchev–Trinajstić information content (AvgIpc) is 2.64. The number of benzene rings is 2. The van der Waals surface area contributed by atoms with Crippen molar-refractivity contribution < 1.29 is 9.18 Å². The van der Waals surface area contributed by atoms with Gasteiger partial charge in [-0.15, -0.1) is 0 Å². The summed E-state index contributed by atoms with van der Waals surface area (Å²) in [6.07, 6.45) is 2.57. The van der Waals surface area contributed by atoms with Gasteiger partial charge in [0.15, 0.2) is 5.78 Å². The fourth-order valence-electron chi connectivity index (χ4n) is 3.14. The van der Waals surface area contributed by atoms with Crippen molar-refractivity contribution in [2.75, 3.05) is 5.32 Å². The van der Waals surface area contributed by atoms with Crippen molar-refractivity contribution in [3.05, 3.63) is 82.4 Å². The summed E-state index contributed by atoms with van der Waals surface area (Å²) >= 11 is 5.89. The number of anilines is 2. The standard InChI is InChI=1S/C20H15ClFN3O/c21-14-3-7-16(8-4-14)24-20-23-11-17-18(25-20)9-13(10-19(17)26)12-1-5-15(22)6-2-12/h1-8,11,13H,9-10H2,(H,23,24,25). The summed E-state index contributed by atoms with van der Waals surface area (Å²) in [5, 5.41) is 3.76. The van der Waals surface area contributed by atoms with Crippen LogP contribution in [0.4, 0.5) is 16.0 Å². The second-order valence-electron chi connectivity index (χ2n) is 6.27. The van der Waals surface area contributed by atoms with E-state index >= 15 is 0 Å². The SMILES string of the molecule is O=C1CC(c2ccc(F)cc2)Cc2nc(Nc3ccc(Cl)cc3)ncc21. The summed E-state index contributed by atoms with van der Waals surface area (Å²) < 4.78 is 13.2. The van der Waals surface area contributed by atoms with Crippen LogP contribution in [0.5, 0.6) is 0 Å². The molecule has 3 aromatic rings. The minimum absolute atomic E-state index is 0.00566. The van der Waals surface area contributed by atoms with Crippen LogP contribution in [0.1, 0.15) is 34.0 Å². The topological polar surface area (TPSA) is 54.9 Å². The quantitative estimate of drug-likeness (QED) is 0.713. The first-order valence-electron chi connectivity index (χ1n) is 8.25. The van der Waals surface area contributed by atoms with Crippen LogP contribution in [0, 0.1) is 5.82 Å². The summed E-state index contributed by atoms with van der Waals surface area (Å²) in [5.41, 5.74) is 3.02. The van der Waals surface area contributed by atoms with Gasteiger partial charge in [0.25, 0.3) is 0 Å². The maximum absolute atomic E-state index is 13.2. The number of carbonyl (C=O) groups is 1. The number of nitrogens with one attached hydrogen (secondary N) is 1. The number of nitrogens with zero attached hydrogens (tertiary/aromatic N) is 2. The van der Waals surface area contributed by atoms with E-state index in [1.807, 2.05) is 12.1 Å². The number of fused-ring (bicyclic) bond motifs is 1. The smallest absolute Gasteiger partial charge is 0.227 e. The van der Waals surface area contributed by atoms with Gasteiger partial charge in [0.2, 0.25) is 5.95 Å². The first-order valence-corrected chi connectivity index (χ1v) is 8.63. The third-order valence-electron chi connectivity index (χ3n) is 4.48. The van der Waals surface area contributed by atoms with E-state index in [0.29, 0.717) is 35.1 Å². The minimum atomic E-state index is -0.284. The summed E-state index contributed by atoms with van der Waals surface area (Å²) in [5.74, 6) is 0.152. The molecule has 0 saturated heterocycles. The third kappa shape index (κ3) is 3.44. The van der Waals surface area contributed by atoms with Gasteiger partial charge >= 0.3 is 0 Å². The molecule has 0 aliphatic heterocycles. The predicted molar refractivity (Wildman–Crippen MR) is 98.6 cm³/mol. The molecule has 4 rings (SSSR count). The zero-order valence-corrected chi connectivity index (χ0v) is 14.5. The van der Waals surface area contributed by atoms with Crippen LogP contribution in [-0.4, -0.2) is 15.8 Å². The molecule has 1 unspecified atom stereocenters. The van der Waals surface area contributed by atoms with Gasteiger partial charge in [-0.05, 0) is 54.3 Å². The molecule has 0 spiro atoms. The number of carbonyl (C=O) groups excluding carboxylic acids is 1. The van der Waals surface area contributed by atoms with Crippen LogP contribution in [0.3, 0.4) is 0 Å². The van der Waals surface area contributed by atoms with Crippen molar-refractivity contribution in [1.29, 1.82) is 0 Å². The molecule has 1 aliphatic carbocycles. The molecule has 0 saturated carbocycles. The van der Waals surface area contributed by atoms with Crippen molar-refractivity contribution in [3.8, 4) is 0 Å². The highest BCUT2D eigenvalue weighted by molar-refractivity contribution is 6.30. The molecular formula is C20H15ClFN3O. The first-order chi connectivity index (χ1) is 12.6. The summed E-state index contributed by atoms with van der Waals surface area (Å²) in [7, 11) is 0. The zero-order valence-electron chi connectivity index (χ0n) is 13.7. The Bertz CT molecular complexity index is 958. The van der Waals surface area contributed by atoms with E-state index in [9.17, 15) is 9.18 Å². The third-order valence-corrected chi connectivity index (χ3v) is 4.73. The van der Waals surface area contributed by atoms with E-state index in [4.69, 9.17) is 11.6 Å². The Morgan fingerprint density at radius 3 is 2.50 bits per heavy atom. The maximum atomic E-state index is 13.2. The van der Waals surface area contributed by atoms with Gasteiger partial charge in [-0.25, -0.2) is 14.4 Å². The predicted octanol–water partition coefficient (Wildman–Crippen LogP) is 4.93. The van der Waals surface area contributed by atoms with E-state index < -0.39 is 0 Å².